The molecule has 0 unspecified atom stereocenters. The molecule has 0 saturated heterocycles. The number of alkyl halides is 3. The van der Waals surface area contributed by atoms with Crippen LogP contribution in [0.25, 0.3) is 0 Å². The minimum Gasteiger partial charge on any atom is -0.363 e. The highest BCUT2D eigenvalue weighted by Gasteiger charge is 2.32. The lowest BCUT2D eigenvalue weighted by atomic mass is 10.1. The molecule has 0 amide bonds. The molecule has 0 bridgehead atoms. The molecular weight excluding hydrogens is 285 g/mol. The van der Waals surface area contributed by atoms with Crippen molar-refractivity contribution in [1.29, 1.82) is 0 Å². The molecule has 0 aromatic carbocycles. The molecule has 0 spiro atoms. The van der Waals surface area contributed by atoms with Crippen molar-refractivity contribution in [2.24, 2.45) is 0 Å². The predicted molar refractivity (Wildman–Crippen MR) is 70.9 cm³/mol. The molecule has 2 N–H and O–H groups in total. The maximum atomic E-state index is 12.3. The molecule has 0 saturated carbocycles. The monoisotopic (exact) mass is 298 g/mol. The Kier molecular flexibility index (Phi) is 3.97. The first kappa shape index (κ1) is 15.0. The number of halogens is 3. The van der Waals surface area contributed by atoms with Crippen LogP contribution in [0.5, 0.6) is 0 Å². The fraction of sp³-hybridized carbons (Fsp3) is 0.308. The molecule has 2 rings (SSSR count). The number of H-pyrrole nitrogens is 1. The largest absolute Gasteiger partial charge is 0.435 e. The van der Waals surface area contributed by atoms with Crippen LogP contribution in [0, 0.1) is 13.8 Å². The molecule has 0 radical (unpaired) electrons. The van der Waals surface area contributed by atoms with Crippen molar-refractivity contribution >= 4 is 5.82 Å². The summed E-state index contributed by atoms with van der Waals surface area (Å²) in [4.78, 5) is 14.7. The van der Waals surface area contributed by atoms with Crippen molar-refractivity contribution in [3.8, 4) is 0 Å². The van der Waals surface area contributed by atoms with Gasteiger partial charge in [-0.3, -0.25) is 4.79 Å². The van der Waals surface area contributed by atoms with E-state index in [-0.39, 0.29) is 17.8 Å². The molecule has 112 valence electrons. The maximum absolute atomic E-state index is 12.3. The van der Waals surface area contributed by atoms with E-state index in [0.29, 0.717) is 16.8 Å². The minimum atomic E-state index is -4.51. The Morgan fingerprint density at radius 2 is 1.95 bits per heavy atom. The third-order valence-electron chi connectivity index (χ3n) is 3.02. The number of anilines is 1. The van der Waals surface area contributed by atoms with Gasteiger partial charge in [0.2, 0.25) is 0 Å². The summed E-state index contributed by atoms with van der Waals surface area (Å²) in [5.74, 6) is 0.198. The van der Waals surface area contributed by atoms with Gasteiger partial charge in [-0.15, -0.1) is 10.2 Å². The second-order valence-corrected chi connectivity index (χ2v) is 4.56. The number of rotatable bonds is 3. The highest BCUT2D eigenvalue weighted by atomic mass is 19.4. The van der Waals surface area contributed by atoms with Crippen LogP contribution in [0.15, 0.2) is 23.1 Å². The van der Waals surface area contributed by atoms with Gasteiger partial charge in [0.05, 0.1) is 6.54 Å². The normalized spacial score (nSPS) is 11.5. The molecule has 21 heavy (non-hydrogen) atoms. The van der Waals surface area contributed by atoms with Crippen molar-refractivity contribution in [2.45, 2.75) is 26.6 Å². The number of nitrogens with one attached hydrogen (secondary N) is 2. The van der Waals surface area contributed by atoms with E-state index in [0.717, 1.165) is 6.07 Å². The van der Waals surface area contributed by atoms with Crippen LogP contribution in [0.4, 0.5) is 19.0 Å². The highest BCUT2D eigenvalue weighted by molar-refractivity contribution is 5.35. The zero-order valence-electron chi connectivity index (χ0n) is 11.4. The van der Waals surface area contributed by atoms with Gasteiger partial charge in [0.15, 0.2) is 11.1 Å². The van der Waals surface area contributed by atoms with Gasteiger partial charge >= 0.3 is 6.18 Å². The zero-order chi connectivity index (χ0) is 15.6. The first-order chi connectivity index (χ1) is 9.79. The molecule has 8 heteroatoms. The Morgan fingerprint density at radius 3 is 2.52 bits per heavy atom. The number of aromatic nitrogens is 3. The maximum Gasteiger partial charge on any atom is 0.435 e. The van der Waals surface area contributed by atoms with Gasteiger partial charge in [0.25, 0.3) is 0 Å². The second-order valence-electron chi connectivity index (χ2n) is 4.56. The Bertz CT molecular complexity index is 692. The van der Waals surface area contributed by atoms with Crippen molar-refractivity contribution < 1.29 is 13.2 Å². The van der Waals surface area contributed by atoms with Gasteiger partial charge in [-0.25, -0.2) is 0 Å². The van der Waals surface area contributed by atoms with Gasteiger partial charge in [-0.05, 0) is 26.0 Å². The van der Waals surface area contributed by atoms with Crippen LogP contribution in [-0.2, 0) is 12.7 Å². The van der Waals surface area contributed by atoms with Crippen LogP contribution in [0.2, 0.25) is 0 Å². The van der Waals surface area contributed by atoms with Gasteiger partial charge < -0.3 is 10.3 Å². The van der Waals surface area contributed by atoms with Gasteiger partial charge in [-0.1, -0.05) is 0 Å². The molecule has 5 nitrogen and oxygen atoms in total. The summed E-state index contributed by atoms with van der Waals surface area (Å²) < 4.78 is 37.0. The SMILES string of the molecule is Cc1c[nH]c(CNc2ccc(C(F)(F)F)nn2)c(C)c1=O. The Hall–Kier alpha value is -2.38. The summed E-state index contributed by atoms with van der Waals surface area (Å²) in [6, 6.07) is 2.04. The minimum absolute atomic E-state index is 0.0657. The fourth-order valence-electron chi connectivity index (χ4n) is 1.74. The number of pyridine rings is 1. The van der Waals surface area contributed by atoms with E-state index in [4.69, 9.17) is 0 Å². The van der Waals surface area contributed by atoms with E-state index in [1.807, 2.05) is 0 Å². The molecule has 2 heterocycles. The second kappa shape index (κ2) is 5.55. The molecule has 0 aliphatic rings. The van der Waals surface area contributed by atoms with Crippen LogP contribution >= 0.6 is 0 Å². The van der Waals surface area contributed by atoms with Gasteiger partial charge in [0, 0.05) is 23.0 Å². The van der Waals surface area contributed by atoms with Crippen LogP contribution < -0.4 is 10.7 Å². The predicted octanol–water partition coefficient (Wildman–Crippen LogP) is 2.41. The van der Waals surface area contributed by atoms with Gasteiger partial charge in [-0.2, -0.15) is 13.2 Å². The van der Waals surface area contributed by atoms with E-state index >= 15 is 0 Å². The summed E-state index contributed by atoms with van der Waals surface area (Å²) in [5, 5.41) is 9.38. The van der Waals surface area contributed by atoms with Crippen molar-refractivity contribution in [1.82, 2.24) is 15.2 Å². The fourth-order valence-corrected chi connectivity index (χ4v) is 1.74. The Morgan fingerprint density at radius 1 is 1.24 bits per heavy atom. The van der Waals surface area contributed by atoms with Crippen LogP contribution in [0.3, 0.4) is 0 Å². The first-order valence-corrected chi connectivity index (χ1v) is 6.11. The number of hydrogen-bond donors (Lipinski definition) is 2. The van der Waals surface area contributed by atoms with E-state index in [1.165, 1.54) is 6.07 Å². The number of nitrogens with zero attached hydrogens (tertiary/aromatic N) is 2. The molecule has 0 fully saturated rings. The lowest BCUT2D eigenvalue weighted by Crippen LogP contribution is -2.16. The number of aryl methyl sites for hydroxylation is 1. The smallest absolute Gasteiger partial charge is 0.363 e. The molecule has 0 aliphatic carbocycles. The van der Waals surface area contributed by atoms with Crippen LogP contribution in [-0.4, -0.2) is 15.2 Å². The average Bonchev–Trinajstić information content (AvgIpc) is 2.43. The van der Waals surface area contributed by atoms with Gasteiger partial charge in [0.1, 0.15) is 5.82 Å². The summed E-state index contributed by atoms with van der Waals surface area (Å²) in [6.45, 7) is 3.62. The first-order valence-electron chi connectivity index (χ1n) is 6.11. The van der Waals surface area contributed by atoms with Crippen LogP contribution in [0.1, 0.15) is 22.5 Å². The van der Waals surface area contributed by atoms with Crippen molar-refractivity contribution in [3.05, 3.63) is 51.1 Å². The summed E-state index contributed by atoms with van der Waals surface area (Å²) in [5.41, 5.74) is 0.692. The molecular formula is C13H13F3N4O. The zero-order valence-corrected chi connectivity index (χ0v) is 11.4. The Balaban J connectivity index is 2.10. The van der Waals surface area contributed by atoms with E-state index in [2.05, 4.69) is 20.5 Å². The highest BCUT2D eigenvalue weighted by Crippen LogP contribution is 2.27. The van der Waals surface area contributed by atoms with E-state index in [9.17, 15) is 18.0 Å². The van der Waals surface area contributed by atoms with Crippen molar-refractivity contribution in [3.63, 3.8) is 0 Å². The summed E-state index contributed by atoms with van der Waals surface area (Å²) >= 11 is 0. The summed E-state index contributed by atoms with van der Waals surface area (Å²) in [7, 11) is 0. The molecule has 0 aliphatic heterocycles. The molecule has 2 aromatic heterocycles. The van der Waals surface area contributed by atoms with E-state index in [1.54, 1.807) is 20.0 Å². The molecule has 2 aromatic rings. The number of aromatic amines is 1. The number of hydrogen-bond acceptors (Lipinski definition) is 4. The quantitative estimate of drug-likeness (QED) is 0.913. The molecule has 0 atom stereocenters. The lowest BCUT2D eigenvalue weighted by Gasteiger charge is -2.09. The van der Waals surface area contributed by atoms with Crippen molar-refractivity contribution in [2.75, 3.05) is 5.32 Å². The topological polar surface area (TPSA) is 70.7 Å². The Labute approximate surface area is 118 Å². The average molecular weight is 298 g/mol. The van der Waals surface area contributed by atoms with E-state index < -0.39 is 11.9 Å². The summed E-state index contributed by atoms with van der Waals surface area (Å²) in [6.07, 6.45) is -2.92. The lowest BCUT2D eigenvalue weighted by molar-refractivity contribution is -0.141. The standard InChI is InChI=1S/C13H13F3N4O/c1-7-5-17-9(8(2)12(7)21)6-18-11-4-3-10(19-20-11)13(14,15)16/h3-5H,6H2,1-2H3,(H,17,21)(H,18,20). The third-order valence-corrected chi connectivity index (χ3v) is 3.02. The third kappa shape index (κ3) is 3.39.